The first-order chi connectivity index (χ1) is 10.7. The smallest absolute Gasteiger partial charge is 0.238 e. The molecule has 3 rings (SSSR count). The van der Waals surface area contributed by atoms with Crippen molar-refractivity contribution in [2.75, 3.05) is 17.3 Å². The molecular formula is C17H16ClNO2S. The van der Waals surface area contributed by atoms with Gasteiger partial charge >= 0.3 is 0 Å². The SMILES string of the molecule is CCOc1ccccc1[C@H]1SCC(=O)N1c1ccc(Cl)cc1. The zero-order valence-electron chi connectivity index (χ0n) is 12.2. The van der Waals surface area contributed by atoms with E-state index >= 15 is 0 Å². The summed E-state index contributed by atoms with van der Waals surface area (Å²) in [7, 11) is 0. The van der Waals surface area contributed by atoms with Crippen LogP contribution in [0.1, 0.15) is 17.9 Å². The Kier molecular flexibility index (Phi) is 4.60. The molecular weight excluding hydrogens is 318 g/mol. The fraction of sp³-hybridized carbons (Fsp3) is 0.235. The normalized spacial score (nSPS) is 17.8. The van der Waals surface area contributed by atoms with Crippen LogP contribution in [0.15, 0.2) is 48.5 Å². The zero-order chi connectivity index (χ0) is 15.5. The Bertz CT molecular complexity index is 675. The van der Waals surface area contributed by atoms with Crippen LogP contribution in [-0.4, -0.2) is 18.3 Å². The van der Waals surface area contributed by atoms with Crippen molar-refractivity contribution in [2.24, 2.45) is 0 Å². The lowest BCUT2D eigenvalue weighted by molar-refractivity contribution is -0.115. The van der Waals surface area contributed by atoms with Crippen molar-refractivity contribution >= 4 is 35.0 Å². The van der Waals surface area contributed by atoms with Crippen LogP contribution in [0.3, 0.4) is 0 Å². The number of anilines is 1. The Morgan fingerprint density at radius 3 is 2.68 bits per heavy atom. The second-order valence-corrected chi connectivity index (χ2v) is 6.38. The highest BCUT2D eigenvalue weighted by Crippen LogP contribution is 2.44. The molecule has 3 nitrogen and oxygen atoms in total. The van der Waals surface area contributed by atoms with Gasteiger partial charge in [-0.05, 0) is 37.3 Å². The molecule has 2 aromatic carbocycles. The second-order valence-electron chi connectivity index (χ2n) is 4.87. The Morgan fingerprint density at radius 1 is 1.23 bits per heavy atom. The molecule has 0 spiro atoms. The first-order valence-electron chi connectivity index (χ1n) is 7.11. The molecule has 1 saturated heterocycles. The number of thioether (sulfide) groups is 1. The molecule has 114 valence electrons. The van der Waals surface area contributed by atoms with Crippen LogP contribution in [0, 0.1) is 0 Å². The first kappa shape index (κ1) is 15.3. The Hall–Kier alpha value is -1.65. The average molecular weight is 334 g/mol. The summed E-state index contributed by atoms with van der Waals surface area (Å²) in [4.78, 5) is 14.2. The Balaban J connectivity index is 1.99. The Morgan fingerprint density at radius 2 is 1.95 bits per heavy atom. The molecule has 1 aliphatic heterocycles. The minimum Gasteiger partial charge on any atom is -0.493 e. The highest BCUT2D eigenvalue weighted by atomic mass is 35.5. The summed E-state index contributed by atoms with van der Waals surface area (Å²) in [5, 5.41) is 0.589. The van der Waals surface area contributed by atoms with E-state index in [1.165, 1.54) is 0 Å². The molecule has 0 bridgehead atoms. The average Bonchev–Trinajstić information content (AvgIpc) is 2.91. The third kappa shape index (κ3) is 2.94. The maximum absolute atomic E-state index is 12.3. The summed E-state index contributed by atoms with van der Waals surface area (Å²) in [5.41, 5.74) is 1.88. The van der Waals surface area contributed by atoms with Gasteiger partial charge in [-0.15, -0.1) is 11.8 Å². The molecule has 0 aromatic heterocycles. The van der Waals surface area contributed by atoms with Crippen molar-refractivity contribution in [3.05, 3.63) is 59.1 Å². The quantitative estimate of drug-likeness (QED) is 0.824. The molecule has 1 fully saturated rings. The lowest BCUT2D eigenvalue weighted by atomic mass is 10.1. The maximum Gasteiger partial charge on any atom is 0.238 e. The van der Waals surface area contributed by atoms with E-state index in [0.717, 1.165) is 17.0 Å². The number of amides is 1. The zero-order valence-corrected chi connectivity index (χ0v) is 13.7. The number of carbonyl (C=O) groups is 1. The first-order valence-corrected chi connectivity index (χ1v) is 8.54. The van der Waals surface area contributed by atoms with Gasteiger partial charge in [-0.1, -0.05) is 29.8 Å². The van der Waals surface area contributed by atoms with Crippen LogP contribution in [0.5, 0.6) is 5.75 Å². The van der Waals surface area contributed by atoms with Crippen molar-refractivity contribution in [3.8, 4) is 5.75 Å². The van der Waals surface area contributed by atoms with E-state index in [2.05, 4.69) is 0 Å². The molecule has 5 heteroatoms. The third-order valence-electron chi connectivity index (χ3n) is 3.46. The van der Waals surface area contributed by atoms with E-state index in [1.807, 2.05) is 48.2 Å². The number of benzene rings is 2. The van der Waals surface area contributed by atoms with E-state index in [0.29, 0.717) is 17.4 Å². The van der Waals surface area contributed by atoms with Crippen LogP contribution >= 0.6 is 23.4 Å². The van der Waals surface area contributed by atoms with Gasteiger partial charge in [0.1, 0.15) is 11.1 Å². The molecule has 2 aromatic rings. The number of para-hydroxylation sites is 1. The number of carbonyl (C=O) groups excluding carboxylic acids is 1. The molecule has 0 aliphatic carbocycles. The number of hydrogen-bond donors (Lipinski definition) is 0. The van der Waals surface area contributed by atoms with Gasteiger partial charge in [0.15, 0.2) is 0 Å². The van der Waals surface area contributed by atoms with Gasteiger partial charge in [-0.3, -0.25) is 9.69 Å². The Labute approximate surface area is 139 Å². The highest BCUT2D eigenvalue weighted by molar-refractivity contribution is 8.00. The van der Waals surface area contributed by atoms with Crippen molar-refractivity contribution in [1.29, 1.82) is 0 Å². The van der Waals surface area contributed by atoms with Gasteiger partial charge in [-0.2, -0.15) is 0 Å². The van der Waals surface area contributed by atoms with Crippen LogP contribution in [0.2, 0.25) is 5.02 Å². The van der Waals surface area contributed by atoms with Crippen molar-refractivity contribution in [2.45, 2.75) is 12.3 Å². The molecule has 1 heterocycles. The fourth-order valence-corrected chi connectivity index (χ4v) is 3.83. The minimum atomic E-state index is -0.0728. The van der Waals surface area contributed by atoms with Gasteiger partial charge in [0.25, 0.3) is 0 Å². The van der Waals surface area contributed by atoms with Gasteiger partial charge in [0.2, 0.25) is 5.91 Å². The number of nitrogens with zero attached hydrogens (tertiary/aromatic N) is 1. The van der Waals surface area contributed by atoms with Crippen LogP contribution in [-0.2, 0) is 4.79 Å². The summed E-state index contributed by atoms with van der Waals surface area (Å²) in [6.07, 6.45) is 0. The number of ether oxygens (including phenoxy) is 1. The van der Waals surface area contributed by atoms with E-state index in [1.54, 1.807) is 23.9 Å². The van der Waals surface area contributed by atoms with Gasteiger partial charge in [0, 0.05) is 16.3 Å². The lowest BCUT2D eigenvalue weighted by Crippen LogP contribution is -2.28. The number of halogens is 1. The van der Waals surface area contributed by atoms with Crippen LogP contribution in [0.25, 0.3) is 0 Å². The molecule has 1 aliphatic rings. The maximum atomic E-state index is 12.3. The van der Waals surface area contributed by atoms with Gasteiger partial charge in [0.05, 0.1) is 12.4 Å². The van der Waals surface area contributed by atoms with Crippen molar-refractivity contribution in [1.82, 2.24) is 0 Å². The summed E-state index contributed by atoms with van der Waals surface area (Å²) in [5.74, 6) is 1.40. The van der Waals surface area contributed by atoms with Crippen LogP contribution < -0.4 is 9.64 Å². The topological polar surface area (TPSA) is 29.5 Å². The van der Waals surface area contributed by atoms with E-state index < -0.39 is 0 Å². The summed E-state index contributed by atoms with van der Waals surface area (Å²) >= 11 is 7.56. The van der Waals surface area contributed by atoms with E-state index in [4.69, 9.17) is 16.3 Å². The van der Waals surface area contributed by atoms with E-state index in [-0.39, 0.29) is 11.3 Å². The number of hydrogen-bond acceptors (Lipinski definition) is 3. The van der Waals surface area contributed by atoms with Gasteiger partial charge < -0.3 is 4.74 Å². The molecule has 0 unspecified atom stereocenters. The third-order valence-corrected chi connectivity index (χ3v) is 4.90. The predicted octanol–water partition coefficient (Wildman–Crippen LogP) is 4.52. The van der Waals surface area contributed by atoms with Crippen molar-refractivity contribution < 1.29 is 9.53 Å². The van der Waals surface area contributed by atoms with Crippen molar-refractivity contribution in [3.63, 3.8) is 0 Å². The predicted molar refractivity (Wildman–Crippen MR) is 91.7 cm³/mol. The minimum absolute atomic E-state index is 0.0728. The molecule has 1 atom stereocenters. The van der Waals surface area contributed by atoms with Crippen LogP contribution in [0.4, 0.5) is 5.69 Å². The molecule has 0 N–H and O–H groups in total. The molecule has 0 radical (unpaired) electrons. The summed E-state index contributed by atoms with van der Waals surface area (Å²) < 4.78 is 5.72. The monoisotopic (exact) mass is 333 g/mol. The summed E-state index contributed by atoms with van der Waals surface area (Å²) in [6.45, 7) is 2.56. The standard InChI is InChI=1S/C17H16ClNO2S/c1-2-21-15-6-4-3-5-14(15)17-19(16(20)11-22-17)13-9-7-12(18)8-10-13/h3-10,17H,2,11H2,1H3/t17-/m1/s1. The molecule has 22 heavy (non-hydrogen) atoms. The van der Waals surface area contributed by atoms with E-state index in [9.17, 15) is 4.79 Å². The summed E-state index contributed by atoms with van der Waals surface area (Å²) in [6, 6.07) is 15.2. The molecule has 1 amide bonds. The largest absolute Gasteiger partial charge is 0.493 e. The van der Waals surface area contributed by atoms with Gasteiger partial charge in [-0.25, -0.2) is 0 Å². The second kappa shape index (κ2) is 6.63. The fourth-order valence-electron chi connectivity index (χ4n) is 2.51. The highest BCUT2D eigenvalue weighted by Gasteiger charge is 2.35. The molecule has 0 saturated carbocycles. The number of rotatable bonds is 4. The lowest BCUT2D eigenvalue weighted by Gasteiger charge is -2.25.